The van der Waals surface area contributed by atoms with Gasteiger partial charge < -0.3 is 21.3 Å². The first-order valence-electron chi connectivity index (χ1n) is 4.91. The Balaban J connectivity index is 3.84. The van der Waals surface area contributed by atoms with Crippen LogP contribution in [0, 0.1) is 0 Å². The molecule has 15 heavy (non-hydrogen) atoms. The van der Waals surface area contributed by atoms with E-state index in [0.717, 1.165) is 19.3 Å². The fourth-order valence-corrected chi connectivity index (χ4v) is 0.921. The number of nitrogens with two attached hydrogens (primary N) is 2. The van der Waals surface area contributed by atoms with Gasteiger partial charge in [0.05, 0.1) is 6.61 Å². The van der Waals surface area contributed by atoms with Crippen LogP contribution in [0.3, 0.4) is 0 Å². The van der Waals surface area contributed by atoms with E-state index in [-0.39, 0.29) is 6.61 Å². The number of carbonyl (C=O) groups excluding carboxylic acids is 1. The molecule has 6 nitrogen and oxygen atoms in total. The number of hydrogen-bond donors (Lipinski definition) is 3. The van der Waals surface area contributed by atoms with E-state index in [2.05, 4.69) is 0 Å². The Morgan fingerprint density at radius 2 is 1.87 bits per heavy atom. The number of unbranched alkanes of at least 4 members (excludes halogenated alkanes) is 2. The van der Waals surface area contributed by atoms with Crippen LogP contribution in [0.2, 0.25) is 0 Å². The maximum atomic E-state index is 11.2. The lowest BCUT2D eigenvalue weighted by atomic mass is 10.1. The first-order valence-corrected chi connectivity index (χ1v) is 4.91. The Morgan fingerprint density at radius 1 is 1.27 bits per heavy atom. The fraction of sp³-hybridized carbons (Fsp3) is 0.778. The molecule has 0 spiro atoms. The van der Waals surface area contributed by atoms with Gasteiger partial charge in [0.15, 0.2) is 0 Å². The molecule has 0 saturated carbocycles. The van der Waals surface area contributed by atoms with E-state index in [0.29, 0.717) is 0 Å². The normalized spacial score (nSPS) is 14.3. The Hall–Kier alpha value is -1.14. The van der Waals surface area contributed by atoms with Gasteiger partial charge in [-0.3, -0.25) is 9.59 Å². The summed E-state index contributed by atoms with van der Waals surface area (Å²) in [6, 6.07) is -2.71. The maximum absolute atomic E-state index is 11.2. The zero-order valence-electron chi connectivity index (χ0n) is 8.81. The van der Waals surface area contributed by atoms with Crippen LogP contribution in [0.1, 0.15) is 26.2 Å². The van der Waals surface area contributed by atoms with Gasteiger partial charge in [-0.05, 0) is 6.42 Å². The highest BCUT2D eigenvalue weighted by atomic mass is 16.5. The van der Waals surface area contributed by atoms with Gasteiger partial charge in [-0.15, -0.1) is 0 Å². The smallest absolute Gasteiger partial charge is 0.325 e. The average Bonchev–Trinajstić information content (AvgIpc) is 2.21. The van der Waals surface area contributed by atoms with E-state index in [1.807, 2.05) is 6.92 Å². The largest absolute Gasteiger partial charge is 0.480 e. The van der Waals surface area contributed by atoms with Gasteiger partial charge in [0.2, 0.25) is 0 Å². The highest BCUT2D eigenvalue weighted by Gasteiger charge is 2.28. The topological polar surface area (TPSA) is 116 Å². The van der Waals surface area contributed by atoms with E-state index in [1.165, 1.54) is 0 Å². The van der Waals surface area contributed by atoms with E-state index < -0.39 is 24.0 Å². The van der Waals surface area contributed by atoms with Crippen LogP contribution < -0.4 is 11.5 Å². The highest BCUT2D eigenvalue weighted by molar-refractivity contribution is 5.85. The minimum absolute atomic E-state index is 0.257. The molecule has 2 atom stereocenters. The summed E-state index contributed by atoms with van der Waals surface area (Å²) in [7, 11) is 0. The molecule has 0 bridgehead atoms. The molecule has 6 heteroatoms. The predicted octanol–water partition coefficient (Wildman–Crippen LogP) is -0.541. The molecule has 0 aromatic heterocycles. The molecule has 0 saturated heterocycles. The lowest BCUT2D eigenvalue weighted by molar-refractivity contribution is -0.150. The monoisotopic (exact) mass is 218 g/mol. The van der Waals surface area contributed by atoms with Crippen molar-refractivity contribution in [1.29, 1.82) is 0 Å². The van der Waals surface area contributed by atoms with Crippen LogP contribution in [0.5, 0.6) is 0 Å². The third kappa shape index (κ3) is 5.34. The summed E-state index contributed by atoms with van der Waals surface area (Å²) < 4.78 is 4.77. The molecule has 0 aliphatic carbocycles. The lowest BCUT2D eigenvalue weighted by Crippen LogP contribution is -2.52. The number of ether oxygens (including phenoxy) is 1. The molecule has 0 aliphatic heterocycles. The fourth-order valence-electron chi connectivity index (χ4n) is 0.921. The summed E-state index contributed by atoms with van der Waals surface area (Å²) in [6.07, 6.45) is 2.71. The Morgan fingerprint density at radius 3 is 2.33 bits per heavy atom. The van der Waals surface area contributed by atoms with Gasteiger partial charge in [0, 0.05) is 0 Å². The van der Waals surface area contributed by atoms with Crippen LogP contribution >= 0.6 is 0 Å². The molecule has 0 fully saturated rings. The third-order valence-electron chi connectivity index (χ3n) is 1.94. The predicted molar refractivity (Wildman–Crippen MR) is 54.1 cm³/mol. The molecule has 88 valence electrons. The first-order chi connectivity index (χ1) is 7.00. The lowest BCUT2D eigenvalue weighted by Gasteiger charge is -2.14. The average molecular weight is 218 g/mol. The second-order valence-electron chi connectivity index (χ2n) is 3.26. The van der Waals surface area contributed by atoms with Crippen molar-refractivity contribution in [3.63, 3.8) is 0 Å². The van der Waals surface area contributed by atoms with Crippen LogP contribution in [-0.4, -0.2) is 35.7 Å². The van der Waals surface area contributed by atoms with Crippen LogP contribution in [0.4, 0.5) is 0 Å². The molecular weight excluding hydrogens is 200 g/mol. The van der Waals surface area contributed by atoms with Crippen molar-refractivity contribution in [2.75, 3.05) is 6.61 Å². The first kappa shape index (κ1) is 13.9. The summed E-state index contributed by atoms with van der Waals surface area (Å²) in [5.74, 6) is -2.07. The van der Waals surface area contributed by atoms with Crippen molar-refractivity contribution in [2.45, 2.75) is 38.3 Å². The molecule has 0 aromatic carbocycles. The maximum Gasteiger partial charge on any atom is 0.325 e. The second kappa shape index (κ2) is 7.19. The highest BCUT2D eigenvalue weighted by Crippen LogP contribution is 1.97. The summed E-state index contributed by atoms with van der Waals surface area (Å²) >= 11 is 0. The molecule has 0 heterocycles. The van der Waals surface area contributed by atoms with Gasteiger partial charge >= 0.3 is 11.9 Å². The van der Waals surface area contributed by atoms with E-state index in [9.17, 15) is 9.59 Å². The molecule has 2 unspecified atom stereocenters. The zero-order chi connectivity index (χ0) is 11.8. The van der Waals surface area contributed by atoms with Crippen molar-refractivity contribution in [3.8, 4) is 0 Å². The van der Waals surface area contributed by atoms with E-state index >= 15 is 0 Å². The molecular formula is C9H18N2O4. The number of carbonyl (C=O) groups is 2. The molecule has 0 radical (unpaired) electrons. The third-order valence-corrected chi connectivity index (χ3v) is 1.94. The number of esters is 1. The summed E-state index contributed by atoms with van der Waals surface area (Å²) in [6.45, 7) is 2.28. The van der Waals surface area contributed by atoms with E-state index in [1.54, 1.807) is 0 Å². The van der Waals surface area contributed by atoms with E-state index in [4.69, 9.17) is 21.3 Å². The number of aliphatic carboxylic acids is 1. The van der Waals surface area contributed by atoms with Crippen molar-refractivity contribution in [1.82, 2.24) is 0 Å². The van der Waals surface area contributed by atoms with Gasteiger partial charge in [-0.1, -0.05) is 19.8 Å². The SMILES string of the molecule is CCCCCOC(=O)C(N)C(N)C(=O)O. The van der Waals surface area contributed by atoms with Crippen molar-refractivity contribution in [3.05, 3.63) is 0 Å². The zero-order valence-corrected chi connectivity index (χ0v) is 8.81. The van der Waals surface area contributed by atoms with Crippen LogP contribution in [0.15, 0.2) is 0 Å². The molecule has 0 aliphatic rings. The molecule has 0 rings (SSSR count). The quantitative estimate of drug-likeness (QED) is 0.390. The van der Waals surface area contributed by atoms with Crippen LogP contribution in [-0.2, 0) is 14.3 Å². The minimum atomic E-state index is -1.41. The molecule has 0 amide bonds. The number of rotatable bonds is 7. The van der Waals surface area contributed by atoms with Gasteiger partial charge in [0.1, 0.15) is 12.1 Å². The Kier molecular flexibility index (Phi) is 6.64. The summed E-state index contributed by atoms with van der Waals surface area (Å²) in [4.78, 5) is 21.6. The van der Waals surface area contributed by atoms with Gasteiger partial charge in [0.25, 0.3) is 0 Å². The number of carboxylic acid groups (broad SMARTS) is 1. The van der Waals surface area contributed by atoms with Gasteiger partial charge in [-0.2, -0.15) is 0 Å². The van der Waals surface area contributed by atoms with Crippen LogP contribution in [0.25, 0.3) is 0 Å². The second-order valence-corrected chi connectivity index (χ2v) is 3.26. The number of carboxylic acids is 1. The Labute approximate surface area is 88.6 Å². The summed E-state index contributed by atoms with van der Waals surface area (Å²) in [5.41, 5.74) is 10.5. The van der Waals surface area contributed by atoms with Crippen molar-refractivity contribution >= 4 is 11.9 Å². The molecule has 5 N–H and O–H groups in total. The molecule has 0 aromatic rings. The van der Waals surface area contributed by atoms with Crippen molar-refractivity contribution in [2.24, 2.45) is 11.5 Å². The Bertz CT molecular complexity index is 220. The van der Waals surface area contributed by atoms with Crippen molar-refractivity contribution < 1.29 is 19.4 Å². The minimum Gasteiger partial charge on any atom is -0.480 e. The summed E-state index contributed by atoms with van der Waals surface area (Å²) in [5, 5.41) is 8.50. The van der Waals surface area contributed by atoms with Gasteiger partial charge in [-0.25, -0.2) is 0 Å². The number of hydrogen-bond acceptors (Lipinski definition) is 5. The standard InChI is InChI=1S/C9H18N2O4/c1-2-3-4-5-15-9(14)7(11)6(10)8(12)13/h6-7H,2-5,10-11H2,1H3,(H,12,13).